The number of aromatic nitrogens is 1. The topological polar surface area (TPSA) is 90.8 Å². The van der Waals surface area contributed by atoms with Crippen LogP contribution < -0.4 is 4.90 Å². The van der Waals surface area contributed by atoms with Gasteiger partial charge in [0.2, 0.25) is 0 Å². The van der Waals surface area contributed by atoms with Crippen molar-refractivity contribution >= 4 is 35.6 Å². The Morgan fingerprint density at radius 2 is 1.52 bits per heavy atom. The number of benzene rings is 2. The fourth-order valence-corrected chi connectivity index (χ4v) is 4.22. The minimum atomic E-state index is -0.846. The van der Waals surface area contributed by atoms with Gasteiger partial charge in [0.05, 0.1) is 6.42 Å². The zero-order chi connectivity index (χ0) is 33.5. The largest absolute Gasteiger partial charge is 0.481 e. The maximum atomic E-state index is 13.1. The number of aliphatic carboxylic acids is 1. The molecule has 1 saturated heterocycles. The molecule has 7 nitrogen and oxygen atoms in total. The highest BCUT2D eigenvalue weighted by molar-refractivity contribution is 6.30. The molecule has 0 saturated carbocycles. The zero-order valence-electron chi connectivity index (χ0n) is 27.8. The second-order valence-electron chi connectivity index (χ2n) is 10.3. The van der Waals surface area contributed by atoms with Crippen molar-refractivity contribution in [3.63, 3.8) is 0 Å². The third kappa shape index (κ3) is 16.2. The molecule has 2 amide bonds. The number of carbonyl (C=O) groups is 3. The minimum Gasteiger partial charge on any atom is -0.481 e. The Morgan fingerprint density at radius 3 is 1.95 bits per heavy atom. The summed E-state index contributed by atoms with van der Waals surface area (Å²) in [5.41, 5.74) is 5.18. The molecule has 1 atom stereocenters. The molecule has 1 aliphatic heterocycles. The van der Waals surface area contributed by atoms with Gasteiger partial charge in [-0.3, -0.25) is 14.7 Å². The fourth-order valence-electron chi connectivity index (χ4n) is 3.99. The van der Waals surface area contributed by atoms with E-state index in [1.54, 1.807) is 22.2 Å². The summed E-state index contributed by atoms with van der Waals surface area (Å²) >= 11 is 6.03. The van der Waals surface area contributed by atoms with Crippen LogP contribution >= 0.6 is 11.6 Å². The monoisotopic (exact) mass is 625 g/mol. The van der Waals surface area contributed by atoms with Gasteiger partial charge in [-0.25, -0.2) is 4.79 Å². The van der Waals surface area contributed by atoms with Crippen LogP contribution in [-0.2, 0) is 16.1 Å². The van der Waals surface area contributed by atoms with Gasteiger partial charge < -0.3 is 14.8 Å². The van der Waals surface area contributed by atoms with Gasteiger partial charge in [-0.05, 0) is 80.3 Å². The molecule has 2 heterocycles. The van der Waals surface area contributed by atoms with Crippen LogP contribution in [0.5, 0.6) is 0 Å². The average Bonchev–Trinajstić information content (AvgIpc) is 2.99. The number of aryl methyl sites for hydroxylation is 3. The Morgan fingerprint density at radius 1 is 0.955 bits per heavy atom. The van der Waals surface area contributed by atoms with E-state index in [2.05, 4.69) is 18.8 Å². The number of aldehydes is 1. The minimum absolute atomic E-state index is 0.0335. The molecule has 1 unspecified atom stereocenters. The van der Waals surface area contributed by atoms with Crippen LogP contribution in [0.3, 0.4) is 0 Å². The van der Waals surface area contributed by atoms with Crippen molar-refractivity contribution in [3.05, 3.63) is 94.3 Å². The summed E-state index contributed by atoms with van der Waals surface area (Å²) in [4.78, 5) is 41.0. The normalized spacial score (nSPS) is 13.4. The molecule has 44 heavy (non-hydrogen) atoms. The van der Waals surface area contributed by atoms with E-state index in [1.165, 1.54) is 12.0 Å². The van der Waals surface area contributed by atoms with Crippen LogP contribution in [0.15, 0.2) is 67.0 Å². The van der Waals surface area contributed by atoms with Gasteiger partial charge >= 0.3 is 12.0 Å². The molecule has 0 aliphatic carbocycles. The van der Waals surface area contributed by atoms with Crippen LogP contribution in [0.25, 0.3) is 0 Å². The van der Waals surface area contributed by atoms with Crippen molar-refractivity contribution in [2.45, 2.75) is 87.6 Å². The molecule has 242 valence electrons. The smallest absolute Gasteiger partial charge is 0.324 e. The van der Waals surface area contributed by atoms with E-state index in [0.717, 1.165) is 35.1 Å². The lowest BCUT2D eigenvalue weighted by Crippen LogP contribution is -2.53. The lowest BCUT2D eigenvalue weighted by molar-refractivity contribution is -0.138. The standard InChI is InChI=1S/C21H23ClN2O3.C6H7N.C4H8O.C3H8.C2H6/c1-14-3-7-19(8-4-14)24-12-16(10-20(25)26)11-23(21(24)27)13-17-5-6-18(22)9-15(17)2;1-6-2-4-7-5-3-6;1-2-3-4-5;1-3-2;1-2/h3-9,16H,10-13H2,1-2H3,(H,25,26);2-5H,1H3;4H,2-3H2,1H3;3H2,1-2H3;1-2H3. The molecule has 1 fully saturated rings. The number of carbonyl (C=O) groups excluding carboxylic acids is 2. The van der Waals surface area contributed by atoms with Gasteiger partial charge in [0.1, 0.15) is 6.29 Å². The third-order valence-corrected chi connectivity index (χ3v) is 6.38. The number of unbranched alkanes of at least 4 members (excludes halogenated alkanes) is 1. The lowest BCUT2D eigenvalue weighted by Gasteiger charge is -2.40. The highest BCUT2D eigenvalue weighted by atomic mass is 35.5. The Balaban J connectivity index is 0.000000890. The number of carboxylic acid groups (broad SMARTS) is 1. The Hall–Kier alpha value is -3.71. The zero-order valence-corrected chi connectivity index (χ0v) is 28.6. The van der Waals surface area contributed by atoms with Gasteiger partial charge in [-0.2, -0.15) is 0 Å². The third-order valence-electron chi connectivity index (χ3n) is 6.15. The summed E-state index contributed by atoms with van der Waals surface area (Å²) in [7, 11) is 0. The highest BCUT2D eigenvalue weighted by Gasteiger charge is 2.33. The van der Waals surface area contributed by atoms with Crippen molar-refractivity contribution in [1.29, 1.82) is 0 Å². The van der Waals surface area contributed by atoms with Crippen molar-refractivity contribution in [1.82, 2.24) is 9.88 Å². The van der Waals surface area contributed by atoms with E-state index in [1.807, 2.05) is 96.1 Å². The molecule has 0 spiro atoms. The van der Waals surface area contributed by atoms with Gasteiger partial charge in [-0.15, -0.1) is 0 Å². The van der Waals surface area contributed by atoms with Gasteiger partial charge in [0.25, 0.3) is 0 Å². The quantitative estimate of drug-likeness (QED) is 0.264. The van der Waals surface area contributed by atoms with Crippen LogP contribution in [0.1, 0.15) is 82.6 Å². The number of urea groups is 1. The van der Waals surface area contributed by atoms with Crippen molar-refractivity contribution < 1.29 is 19.5 Å². The van der Waals surface area contributed by atoms with E-state index in [9.17, 15) is 19.5 Å². The molecule has 1 aliphatic rings. The van der Waals surface area contributed by atoms with Crippen LogP contribution in [0, 0.1) is 26.7 Å². The number of hydrogen-bond acceptors (Lipinski definition) is 4. The number of anilines is 1. The summed E-state index contributed by atoms with van der Waals surface area (Å²) < 4.78 is 0. The van der Waals surface area contributed by atoms with E-state index in [0.29, 0.717) is 31.1 Å². The van der Waals surface area contributed by atoms with Crippen LogP contribution in [-0.4, -0.2) is 46.4 Å². The lowest BCUT2D eigenvalue weighted by atomic mass is 10.00. The van der Waals surface area contributed by atoms with E-state index < -0.39 is 5.97 Å². The number of rotatable bonds is 7. The second-order valence-corrected chi connectivity index (χ2v) is 10.8. The Labute approximate surface area is 270 Å². The number of hydrogen-bond donors (Lipinski definition) is 1. The number of carboxylic acids is 1. The van der Waals surface area contributed by atoms with Gasteiger partial charge in [0, 0.05) is 55.1 Å². The number of nitrogens with zero attached hydrogens (tertiary/aromatic N) is 3. The van der Waals surface area contributed by atoms with Crippen molar-refractivity contribution in [3.8, 4) is 0 Å². The predicted molar refractivity (Wildman–Crippen MR) is 184 cm³/mol. The Kier molecular flexibility index (Phi) is 21.7. The molecule has 2 aromatic carbocycles. The summed E-state index contributed by atoms with van der Waals surface area (Å²) in [5.74, 6) is -0.977. The van der Waals surface area contributed by atoms with Gasteiger partial charge in [0.15, 0.2) is 0 Å². The van der Waals surface area contributed by atoms with Gasteiger partial charge in [-0.1, -0.05) is 76.4 Å². The Bertz CT molecular complexity index is 1220. The van der Waals surface area contributed by atoms with E-state index >= 15 is 0 Å². The average molecular weight is 626 g/mol. The summed E-state index contributed by atoms with van der Waals surface area (Å²) in [6, 6.07) is 17.2. The first-order valence-corrected chi connectivity index (χ1v) is 15.8. The summed E-state index contributed by atoms with van der Waals surface area (Å²) in [6.07, 6.45) is 7.47. The van der Waals surface area contributed by atoms with Crippen molar-refractivity contribution in [2.75, 3.05) is 18.0 Å². The molecular weight excluding hydrogens is 574 g/mol. The molecule has 1 aromatic heterocycles. The maximum Gasteiger partial charge on any atom is 0.324 e. The summed E-state index contributed by atoms with van der Waals surface area (Å²) in [6.45, 7) is 17.5. The van der Waals surface area contributed by atoms with Crippen molar-refractivity contribution in [2.24, 2.45) is 5.92 Å². The summed E-state index contributed by atoms with van der Waals surface area (Å²) in [5, 5.41) is 9.90. The number of halogens is 1. The first-order valence-electron chi connectivity index (χ1n) is 15.5. The number of pyridine rings is 1. The van der Waals surface area contributed by atoms with E-state index in [-0.39, 0.29) is 18.4 Å². The van der Waals surface area contributed by atoms with Crippen LogP contribution in [0.4, 0.5) is 10.5 Å². The predicted octanol–water partition coefficient (Wildman–Crippen LogP) is 9.31. The molecule has 3 aromatic rings. The molecule has 0 radical (unpaired) electrons. The maximum absolute atomic E-state index is 13.1. The molecular formula is C36H52ClN3O4. The number of amides is 2. The first kappa shape index (κ1) is 40.3. The van der Waals surface area contributed by atoms with Crippen LogP contribution in [0.2, 0.25) is 5.02 Å². The van der Waals surface area contributed by atoms with E-state index in [4.69, 9.17) is 11.6 Å². The first-order chi connectivity index (χ1) is 21.1. The highest BCUT2D eigenvalue weighted by Crippen LogP contribution is 2.27. The molecule has 8 heteroatoms. The molecule has 1 N–H and O–H groups in total. The fraction of sp³-hybridized carbons (Fsp3) is 0.444. The SMILES string of the molecule is CC.CCC.CCCC=O.Cc1ccc(N2CC(CC(=O)O)CN(Cc3ccc(Cl)cc3C)C2=O)cc1.Cc1ccncc1. The molecule has 0 bridgehead atoms. The molecule has 4 rings (SSSR count). The second kappa shape index (κ2) is 23.7.